The van der Waals surface area contributed by atoms with Crippen molar-refractivity contribution >= 4 is 34.6 Å². The Bertz CT molecular complexity index is 1560. The number of aromatic nitrogens is 2. The number of anilines is 5. The van der Waals surface area contributed by atoms with E-state index in [4.69, 9.17) is 9.57 Å². The number of hydrogen-bond donors (Lipinski definition) is 2. The molecule has 0 radical (unpaired) electrons. The number of likely N-dealkylation sites (tertiary alicyclic amines) is 1. The van der Waals surface area contributed by atoms with Gasteiger partial charge in [0.15, 0.2) is 5.82 Å². The standard InChI is InChI=1S/C33H38F3N7O3/c1-3-32(44)40-25-18-26(29(45-2)19-28(25)42-14-9-24(10-15-42)41-12-4-5-13-41)39-30-20-31(38-21-37-30)43-27(11-16-46-43)22-7-6-8-23(17-22)33(34,35)36/h3,6-8,17-21,24,27H,1,4-5,9-16H2,2H3,(H,40,44)(H,37,38,39). The largest absolute Gasteiger partial charge is 0.494 e. The second-order valence-corrected chi connectivity index (χ2v) is 11.7. The van der Waals surface area contributed by atoms with Gasteiger partial charge in [-0.3, -0.25) is 9.63 Å². The van der Waals surface area contributed by atoms with Crippen molar-refractivity contribution in [3.05, 3.63) is 72.6 Å². The highest BCUT2D eigenvalue weighted by Crippen LogP contribution is 2.41. The van der Waals surface area contributed by atoms with Gasteiger partial charge in [0.1, 0.15) is 17.9 Å². The van der Waals surface area contributed by atoms with Crippen LogP contribution in [0.4, 0.5) is 41.9 Å². The van der Waals surface area contributed by atoms with Crippen molar-refractivity contribution in [2.75, 3.05) is 60.5 Å². The van der Waals surface area contributed by atoms with E-state index in [0.29, 0.717) is 53.4 Å². The lowest BCUT2D eigenvalue weighted by Gasteiger charge is -2.38. The SMILES string of the molecule is C=CC(=O)Nc1cc(Nc2cc(N3OCCC3c3cccc(C(F)(F)F)c3)ncn2)c(OC)cc1N1CCC(N2CCCC2)CC1. The second-order valence-electron chi connectivity index (χ2n) is 11.7. The summed E-state index contributed by atoms with van der Waals surface area (Å²) in [6.45, 7) is 7.97. The molecule has 10 nitrogen and oxygen atoms in total. The lowest BCUT2D eigenvalue weighted by molar-refractivity contribution is -0.137. The summed E-state index contributed by atoms with van der Waals surface area (Å²) in [5.41, 5.74) is 1.78. The summed E-state index contributed by atoms with van der Waals surface area (Å²) in [4.78, 5) is 31.9. The molecule has 3 aliphatic rings. The van der Waals surface area contributed by atoms with Crippen molar-refractivity contribution in [1.29, 1.82) is 0 Å². The number of halogens is 3. The van der Waals surface area contributed by atoms with E-state index in [1.807, 2.05) is 12.1 Å². The smallest absolute Gasteiger partial charge is 0.416 e. The summed E-state index contributed by atoms with van der Waals surface area (Å²) in [6.07, 6.45) is 3.24. The molecule has 0 saturated carbocycles. The Balaban J connectivity index is 1.24. The van der Waals surface area contributed by atoms with Gasteiger partial charge in [-0.05, 0) is 68.6 Å². The highest BCUT2D eigenvalue weighted by molar-refractivity contribution is 6.02. The molecule has 1 unspecified atom stereocenters. The maximum atomic E-state index is 13.4. The predicted octanol–water partition coefficient (Wildman–Crippen LogP) is 6.32. The van der Waals surface area contributed by atoms with Crippen LogP contribution in [0.3, 0.4) is 0 Å². The monoisotopic (exact) mass is 637 g/mol. The lowest BCUT2D eigenvalue weighted by atomic mass is 10.0. The van der Waals surface area contributed by atoms with E-state index < -0.39 is 17.8 Å². The average Bonchev–Trinajstić information content (AvgIpc) is 3.78. The van der Waals surface area contributed by atoms with E-state index in [-0.39, 0.29) is 5.91 Å². The lowest BCUT2D eigenvalue weighted by Crippen LogP contribution is -2.44. The molecule has 13 heteroatoms. The number of hydroxylamine groups is 1. The summed E-state index contributed by atoms with van der Waals surface area (Å²) in [5.74, 6) is 1.00. The molecule has 3 aliphatic heterocycles. The van der Waals surface area contributed by atoms with Gasteiger partial charge in [-0.2, -0.15) is 13.2 Å². The van der Waals surface area contributed by atoms with Crippen LogP contribution in [0.1, 0.15) is 49.3 Å². The third-order valence-corrected chi connectivity index (χ3v) is 8.87. The number of benzene rings is 2. The first-order chi connectivity index (χ1) is 22.2. The summed E-state index contributed by atoms with van der Waals surface area (Å²) in [5, 5.41) is 7.74. The Hall–Kier alpha value is -4.36. The van der Waals surface area contributed by atoms with Gasteiger partial charge in [0, 0.05) is 37.7 Å². The Morgan fingerprint density at radius 1 is 1.04 bits per heavy atom. The van der Waals surface area contributed by atoms with Crippen LogP contribution in [-0.2, 0) is 15.8 Å². The molecule has 4 heterocycles. The molecule has 46 heavy (non-hydrogen) atoms. The highest BCUT2D eigenvalue weighted by Gasteiger charge is 2.34. The first-order valence-electron chi connectivity index (χ1n) is 15.6. The third-order valence-electron chi connectivity index (χ3n) is 8.87. The molecular weight excluding hydrogens is 599 g/mol. The number of nitrogens with zero attached hydrogens (tertiary/aromatic N) is 5. The zero-order chi connectivity index (χ0) is 32.3. The van der Waals surface area contributed by atoms with E-state index in [9.17, 15) is 18.0 Å². The number of piperidine rings is 1. The molecule has 6 rings (SSSR count). The van der Waals surface area contributed by atoms with E-state index in [2.05, 4.69) is 37.0 Å². The maximum Gasteiger partial charge on any atom is 0.416 e. The number of hydrogen-bond acceptors (Lipinski definition) is 9. The van der Waals surface area contributed by atoms with Crippen molar-refractivity contribution in [3.63, 3.8) is 0 Å². The Morgan fingerprint density at radius 3 is 2.54 bits per heavy atom. The topological polar surface area (TPSA) is 95.1 Å². The number of carbonyl (C=O) groups excluding carboxylic acids is 1. The number of ether oxygens (including phenoxy) is 1. The summed E-state index contributed by atoms with van der Waals surface area (Å²) in [6, 6.07) is 10.7. The van der Waals surface area contributed by atoms with Gasteiger partial charge in [-0.1, -0.05) is 18.7 Å². The summed E-state index contributed by atoms with van der Waals surface area (Å²) in [7, 11) is 1.58. The fourth-order valence-corrected chi connectivity index (χ4v) is 6.55. The highest BCUT2D eigenvalue weighted by atomic mass is 19.4. The molecular formula is C33H38F3N7O3. The van der Waals surface area contributed by atoms with Crippen LogP contribution < -0.4 is 25.3 Å². The quantitative estimate of drug-likeness (QED) is 0.262. The molecule has 244 valence electrons. The minimum Gasteiger partial charge on any atom is -0.494 e. The van der Waals surface area contributed by atoms with Gasteiger partial charge < -0.3 is 25.2 Å². The normalized spacial score (nSPS) is 19.3. The summed E-state index contributed by atoms with van der Waals surface area (Å²) >= 11 is 0. The fourth-order valence-electron chi connectivity index (χ4n) is 6.55. The van der Waals surface area contributed by atoms with Crippen molar-refractivity contribution < 1.29 is 27.5 Å². The first kappa shape index (κ1) is 31.6. The van der Waals surface area contributed by atoms with Crippen LogP contribution >= 0.6 is 0 Å². The van der Waals surface area contributed by atoms with Crippen LogP contribution in [0.15, 0.2) is 61.4 Å². The van der Waals surface area contributed by atoms with Crippen LogP contribution in [0.2, 0.25) is 0 Å². The molecule has 1 aromatic heterocycles. The predicted molar refractivity (Wildman–Crippen MR) is 170 cm³/mol. The maximum absolute atomic E-state index is 13.4. The minimum atomic E-state index is -4.45. The van der Waals surface area contributed by atoms with Crippen LogP contribution in [0.25, 0.3) is 0 Å². The van der Waals surface area contributed by atoms with E-state index in [0.717, 1.165) is 43.8 Å². The van der Waals surface area contributed by atoms with Crippen LogP contribution in [-0.4, -0.2) is 66.7 Å². The molecule has 1 amide bonds. The van der Waals surface area contributed by atoms with Gasteiger partial charge in [-0.25, -0.2) is 15.0 Å². The van der Waals surface area contributed by atoms with Gasteiger partial charge in [-0.15, -0.1) is 0 Å². The van der Waals surface area contributed by atoms with Gasteiger partial charge in [0.2, 0.25) is 5.91 Å². The van der Waals surface area contributed by atoms with Crippen molar-refractivity contribution in [2.24, 2.45) is 0 Å². The van der Waals surface area contributed by atoms with Crippen molar-refractivity contribution in [2.45, 2.75) is 50.4 Å². The van der Waals surface area contributed by atoms with Crippen LogP contribution in [0, 0.1) is 0 Å². The van der Waals surface area contributed by atoms with E-state index in [1.165, 1.54) is 49.5 Å². The number of methoxy groups -OCH3 is 1. The Kier molecular flexibility index (Phi) is 9.32. The fraction of sp³-hybridized carbons (Fsp3) is 0.424. The Morgan fingerprint density at radius 2 is 1.83 bits per heavy atom. The van der Waals surface area contributed by atoms with Crippen LogP contribution in [0.5, 0.6) is 5.75 Å². The van der Waals surface area contributed by atoms with Crippen molar-refractivity contribution in [3.8, 4) is 5.75 Å². The average molecular weight is 638 g/mol. The zero-order valence-corrected chi connectivity index (χ0v) is 25.7. The molecule has 0 spiro atoms. The first-order valence-corrected chi connectivity index (χ1v) is 15.6. The van der Waals surface area contributed by atoms with Crippen molar-refractivity contribution in [1.82, 2.24) is 14.9 Å². The molecule has 2 aromatic carbocycles. The Labute approximate surface area is 266 Å². The molecule has 2 N–H and O–H groups in total. The molecule has 3 saturated heterocycles. The van der Waals surface area contributed by atoms with E-state index in [1.54, 1.807) is 19.2 Å². The second kappa shape index (κ2) is 13.6. The molecule has 3 fully saturated rings. The summed E-state index contributed by atoms with van der Waals surface area (Å²) < 4.78 is 46.0. The number of nitrogens with one attached hydrogen (secondary N) is 2. The van der Waals surface area contributed by atoms with Gasteiger partial charge in [0.25, 0.3) is 0 Å². The van der Waals surface area contributed by atoms with E-state index >= 15 is 0 Å². The van der Waals surface area contributed by atoms with Gasteiger partial charge in [0.05, 0.1) is 42.4 Å². The number of amides is 1. The number of alkyl halides is 3. The third kappa shape index (κ3) is 6.90. The molecule has 0 bridgehead atoms. The molecule has 0 aliphatic carbocycles. The zero-order valence-electron chi connectivity index (χ0n) is 25.7. The number of rotatable bonds is 9. The minimum absolute atomic E-state index is 0.324. The molecule has 1 atom stereocenters. The molecule has 3 aromatic rings. The number of carbonyl (C=O) groups is 1. The van der Waals surface area contributed by atoms with Gasteiger partial charge >= 0.3 is 6.18 Å².